The fraction of sp³-hybridized carbons (Fsp3) is 0.529. The molecule has 1 aromatic rings. The molecule has 1 aliphatic rings. The van der Waals surface area contributed by atoms with Gasteiger partial charge in [-0.2, -0.15) is 0 Å². The smallest absolute Gasteiger partial charge is 0.120 e. The lowest BCUT2D eigenvalue weighted by Gasteiger charge is -2.20. The monoisotopic (exact) mass is 259 g/mol. The molecule has 2 heteroatoms. The van der Waals surface area contributed by atoms with Crippen LogP contribution in [0.1, 0.15) is 51.1 Å². The van der Waals surface area contributed by atoms with Crippen molar-refractivity contribution in [3.05, 3.63) is 42.0 Å². The van der Waals surface area contributed by atoms with Crippen molar-refractivity contribution in [2.45, 2.75) is 51.7 Å². The van der Waals surface area contributed by atoms with Crippen molar-refractivity contribution in [2.75, 3.05) is 6.54 Å². The molecule has 0 amide bonds. The van der Waals surface area contributed by atoms with Crippen LogP contribution in [0, 0.1) is 0 Å². The summed E-state index contributed by atoms with van der Waals surface area (Å²) in [4.78, 5) is 0. The minimum atomic E-state index is 0.260. The van der Waals surface area contributed by atoms with E-state index in [1.165, 1.54) is 18.4 Å². The Morgan fingerprint density at radius 1 is 1.26 bits per heavy atom. The molecule has 0 aromatic heterocycles. The largest absolute Gasteiger partial charge is 0.486 e. The fourth-order valence-electron chi connectivity index (χ4n) is 2.58. The van der Waals surface area contributed by atoms with Crippen molar-refractivity contribution in [1.29, 1.82) is 0 Å². The van der Waals surface area contributed by atoms with Crippen LogP contribution < -0.4 is 10.1 Å². The fourth-order valence-corrected chi connectivity index (χ4v) is 2.58. The third-order valence-electron chi connectivity index (χ3n) is 3.64. The predicted molar refractivity (Wildman–Crippen MR) is 80.6 cm³/mol. The van der Waals surface area contributed by atoms with E-state index < -0.39 is 0 Å². The van der Waals surface area contributed by atoms with Gasteiger partial charge in [-0.05, 0) is 56.0 Å². The standard InChI is InChI=1S/C17H25NO/c1-3-17(18-4-2)14-10-12-16(13-11-14)19-15-8-6-5-7-9-15/h6,8,10-13,15,17-18H,3-5,7,9H2,1-2H3. The van der Waals surface area contributed by atoms with E-state index in [1.54, 1.807) is 0 Å². The second kappa shape index (κ2) is 7.34. The van der Waals surface area contributed by atoms with Gasteiger partial charge in [0, 0.05) is 6.04 Å². The number of ether oxygens (including phenoxy) is 1. The van der Waals surface area contributed by atoms with Crippen molar-refractivity contribution >= 4 is 0 Å². The second-order valence-electron chi connectivity index (χ2n) is 5.10. The van der Waals surface area contributed by atoms with Crippen LogP contribution in [0.25, 0.3) is 0 Å². The molecule has 19 heavy (non-hydrogen) atoms. The molecule has 0 heterocycles. The quantitative estimate of drug-likeness (QED) is 0.772. The molecule has 0 bridgehead atoms. The first kappa shape index (κ1) is 14.1. The van der Waals surface area contributed by atoms with E-state index in [-0.39, 0.29) is 6.10 Å². The summed E-state index contributed by atoms with van der Waals surface area (Å²) in [6.07, 6.45) is 9.34. The highest BCUT2D eigenvalue weighted by atomic mass is 16.5. The van der Waals surface area contributed by atoms with E-state index >= 15 is 0 Å². The number of hydrogen-bond acceptors (Lipinski definition) is 2. The van der Waals surface area contributed by atoms with Gasteiger partial charge >= 0.3 is 0 Å². The molecule has 0 saturated heterocycles. The molecular weight excluding hydrogens is 234 g/mol. The molecule has 1 aromatic carbocycles. The molecule has 0 radical (unpaired) electrons. The first-order chi connectivity index (χ1) is 9.33. The summed E-state index contributed by atoms with van der Waals surface area (Å²) in [6, 6.07) is 9.00. The topological polar surface area (TPSA) is 21.3 Å². The average molecular weight is 259 g/mol. The molecule has 0 aliphatic heterocycles. The van der Waals surface area contributed by atoms with E-state index in [0.29, 0.717) is 6.04 Å². The normalized spacial score (nSPS) is 20.2. The maximum absolute atomic E-state index is 5.98. The number of rotatable bonds is 6. The summed E-state index contributed by atoms with van der Waals surface area (Å²) in [7, 11) is 0. The summed E-state index contributed by atoms with van der Waals surface area (Å²) in [5, 5.41) is 3.50. The lowest BCUT2D eigenvalue weighted by molar-refractivity contribution is 0.230. The van der Waals surface area contributed by atoms with Gasteiger partial charge in [0.05, 0.1) is 0 Å². The first-order valence-corrected chi connectivity index (χ1v) is 7.50. The Bertz CT molecular complexity index is 396. The van der Waals surface area contributed by atoms with Crippen LogP contribution in [0.2, 0.25) is 0 Å². The Labute approximate surface area is 116 Å². The van der Waals surface area contributed by atoms with Crippen LogP contribution in [0.3, 0.4) is 0 Å². The van der Waals surface area contributed by atoms with Crippen molar-refractivity contribution in [1.82, 2.24) is 5.32 Å². The van der Waals surface area contributed by atoms with Gasteiger partial charge in [-0.1, -0.05) is 32.1 Å². The third kappa shape index (κ3) is 4.10. The first-order valence-electron chi connectivity index (χ1n) is 7.50. The van der Waals surface area contributed by atoms with Crippen LogP contribution >= 0.6 is 0 Å². The summed E-state index contributed by atoms with van der Waals surface area (Å²) >= 11 is 0. The van der Waals surface area contributed by atoms with Gasteiger partial charge in [0.15, 0.2) is 0 Å². The Morgan fingerprint density at radius 2 is 2.05 bits per heavy atom. The van der Waals surface area contributed by atoms with Gasteiger partial charge in [0.1, 0.15) is 11.9 Å². The molecule has 1 aliphatic carbocycles. The Balaban J connectivity index is 1.97. The van der Waals surface area contributed by atoms with Crippen molar-refractivity contribution in [3.63, 3.8) is 0 Å². The molecule has 2 atom stereocenters. The predicted octanol–water partition coefficient (Wildman–Crippen LogP) is 4.23. The maximum Gasteiger partial charge on any atom is 0.120 e. The molecular formula is C17H25NO. The molecule has 0 saturated carbocycles. The number of allylic oxidation sites excluding steroid dienone is 1. The highest BCUT2D eigenvalue weighted by molar-refractivity contribution is 5.29. The molecule has 0 fully saturated rings. The minimum Gasteiger partial charge on any atom is -0.486 e. The van der Waals surface area contributed by atoms with Crippen LogP contribution in [-0.4, -0.2) is 12.6 Å². The van der Waals surface area contributed by atoms with Gasteiger partial charge < -0.3 is 10.1 Å². The lowest BCUT2D eigenvalue weighted by Crippen LogP contribution is -2.20. The van der Waals surface area contributed by atoms with E-state index in [9.17, 15) is 0 Å². The van der Waals surface area contributed by atoms with E-state index in [4.69, 9.17) is 4.74 Å². The molecule has 0 spiro atoms. The zero-order chi connectivity index (χ0) is 13.5. The Morgan fingerprint density at radius 3 is 2.63 bits per heavy atom. The average Bonchev–Trinajstić information content (AvgIpc) is 2.47. The highest BCUT2D eigenvalue weighted by Crippen LogP contribution is 2.23. The van der Waals surface area contributed by atoms with Crippen LogP contribution in [0.4, 0.5) is 0 Å². The maximum atomic E-state index is 5.98. The SMILES string of the molecule is CCNC(CC)c1ccc(OC2C=CCCC2)cc1. The van der Waals surface area contributed by atoms with E-state index in [2.05, 4.69) is 55.6 Å². The summed E-state index contributed by atoms with van der Waals surface area (Å²) < 4.78 is 5.98. The van der Waals surface area contributed by atoms with Gasteiger partial charge in [0.2, 0.25) is 0 Å². The van der Waals surface area contributed by atoms with Crippen molar-refractivity contribution < 1.29 is 4.74 Å². The third-order valence-corrected chi connectivity index (χ3v) is 3.64. The van der Waals surface area contributed by atoms with Crippen molar-refractivity contribution in [3.8, 4) is 5.75 Å². The second-order valence-corrected chi connectivity index (χ2v) is 5.10. The van der Waals surface area contributed by atoms with Crippen molar-refractivity contribution in [2.24, 2.45) is 0 Å². The zero-order valence-corrected chi connectivity index (χ0v) is 12.1. The number of benzene rings is 1. The number of nitrogens with one attached hydrogen (secondary N) is 1. The Kier molecular flexibility index (Phi) is 5.46. The molecule has 104 valence electrons. The summed E-state index contributed by atoms with van der Waals surface area (Å²) in [6.45, 7) is 5.36. The Hall–Kier alpha value is -1.28. The molecule has 2 unspecified atom stereocenters. The zero-order valence-electron chi connectivity index (χ0n) is 12.1. The van der Waals surface area contributed by atoms with Gasteiger partial charge in [-0.25, -0.2) is 0 Å². The van der Waals surface area contributed by atoms with Gasteiger partial charge in [-0.15, -0.1) is 0 Å². The molecule has 2 rings (SSSR count). The van der Waals surface area contributed by atoms with Crippen LogP contribution in [0.15, 0.2) is 36.4 Å². The van der Waals surface area contributed by atoms with Gasteiger partial charge in [-0.3, -0.25) is 0 Å². The highest BCUT2D eigenvalue weighted by Gasteiger charge is 2.11. The van der Waals surface area contributed by atoms with Gasteiger partial charge in [0.25, 0.3) is 0 Å². The number of hydrogen-bond donors (Lipinski definition) is 1. The molecule has 1 N–H and O–H groups in total. The minimum absolute atomic E-state index is 0.260. The lowest BCUT2D eigenvalue weighted by atomic mass is 10.0. The van der Waals surface area contributed by atoms with Crippen LogP contribution in [-0.2, 0) is 0 Å². The summed E-state index contributed by atoms with van der Waals surface area (Å²) in [5.74, 6) is 0.978. The van der Waals surface area contributed by atoms with Crippen LogP contribution in [0.5, 0.6) is 5.75 Å². The van der Waals surface area contributed by atoms with E-state index in [1.807, 2.05) is 0 Å². The summed E-state index contributed by atoms with van der Waals surface area (Å²) in [5.41, 5.74) is 1.34. The van der Waals surface area contributed by atoms with E-state index in [0.717, 1.165) is 25.1 Å². The molecule has 2 nitrogen and oxygen atoms in total.